The van der Waals surface area contributed by atoms with Crippen molar-refractivity contribution in [2.75, 3.05) is 12.8 Å². The lowest BCUT2D eigenvalue weighted by molar-refractivity contribution is -0.144. The standard InChI is InChI=1S/C13H18BrNO2S/c1-13(15-2,12(16)17)8-5-9-18-11-7-4-3-6-10(11)14/h3-4,6-7,15H,5,8-9H2,1-2H3,(H,16,17). The molecule has 2 N–H and O–H groups in total. The Balaban J connectivity index is 2.39. The van der Waals surface area contributed by atoms with Crippen molar-refractivity contribution in [3.8, 4) is 0 Å². The minimum Gasteiger partial charge on any atom is -0.480 e. The van der Waals surface area contributed by atoms with Gasteiger partial charge in [-0.15, -0.1) is 11.8 Å². The maximum Gasteiger partial charge on any atom is 0.323 e. The third kappa shape index (κ3) is 4.30. The van der Waals surface area contributed by atoms with Crippen LogP contribution in [0.25, 0.3) is 0 Å². The van der Waals surface area contributed by atoms with E-state index in [2.05, 4.69) is 27.3 Å². The van der Waals surface area contributed by atoms with Crippen molar-refractivity contribution in [1.82, 2.24) is 5.32 Å². The number of carboxylic acid groups (broad SMARTS) is 1. The molecular formula is C13H18BrNO2S. The Morgan fingerprint density at radius 3 is 2.72 bits per heavy atom. The first-order valence-electron chi connectivity index (χ1n) is 5.79. The maximum atomic E-state index is 11.1. The van der Waals surface area contributed by atoms with Gasteiger partial charge in [0.1, 0.15) is 5.54 Å². The molecule has 0 saturated heterocycles. The molecule has 0 spiro atoms. The molecule has 18 heavy (non-hydrogen) atoms. The average Bonchev–Trinajstić information content (AvgIpc) is 2.36. The Hall–Kier alpha value is -0.520. The quantitative estimate of drug-likeness (QED) is 0.594. The van der Waals surface area contributed by atoms with E-state index in [0.717, 1.165) is 16.6 Å². The zero-order chi connectivity index (χ0) is 13.6. The van der Waals surface area contributed by atoms with Gasteiger partial charge in [0.15, 0.2) is 0 Å². The van der Waals surface area contributed by atoms with Gasteiger partial charge < -0.3 is 10.4 Å². The summed E-state index contributed by atoms with van der Waals surface area (Å²) in [4.78, 5) is 12.3. The van der Waals surface area contributed by atoms with E-state index in [9.17, 15) is 4.79 Å². The van der Waals surface area contributed by atoms with E-state index < -0.39 is 11.5 Å². The Kier molecular flexibility index (Phi) is 6.18. The highest BCUT2D eigenvalue weighted by atomic mass is 79.9. The molecule has 1 aromatic carbocycles. The molecule has 0 aliphatic rings. The number of benzene rings is 1. The van der Waals surface area contributed by atoms with Crippen LogP contribution in [0.15, 0.2) is 33.6 Å². The van der Waals surface area contributed by atoms with Crippen molar-refractivity contribution in [2.24, 2.45) is 0 Å². The largest absolute Gasteiger partial charge is 0.480 e. The summed E-state index contributed by atoms with van der Waals surface area (Å²) < 4.78 is 1.09. The number of aliphatic carboxylic acids is 1. The number of likely N-dealkylation sites (N-methyl/N-ethyl adjacent to an activating group) is 1. The summed E-state index contributed by atoms with van der Waals surface area (Å²) in [5, 5.41) is 12.0. The first-order valence-corrected chi connectivity index (χ1v) is 7.57. The van der Waals surface area contributed by atoms with E-state index in [1.165, 1.54) is 4.90 Å². The number of hydrogen-bond donors (Lipinski definition) is 2. The van der Waals surface area contributed by atoms with E-state index in [1.807, 2.05) is 18.2 Å². The second-order valence-corrected chi connectivity index (χ2v) is 6.26. The molecule has 3 nitrogen and oxygen atoms in total. The van der Waals surface area contributed by atoms with Gasteiger partial charge in [0.2, 0.25) is 0 Å². The molecule has 1 atom stereocenters. The predicted octanol–water partition coefficient (Wildman–Crippen LogP) is 3.38. The van der Waals surface area contributed by atoms with Crippen molar-refractivity contribution < 1.29 is 9.90 Å². The first kappa shape index (κ1) is 15.5. The highest BCUT2D eigenvalue weighted by molar-refractivity contribution is 9.10. The van der Waals surface area contributed by atoms with Crippen LogP contribution < -0.4 is 5.32 Å². The Labute approximate surface area is 120 Å². The molecule has 1 unspecified atom stereocenters. The van der Waals surface area contributed by atoms with Crippen LogP contribution in [0, 0.1) is 0 Å². The Bertz CT molecular complexity index is 414. The summed E-state index contributed by atoms with van der Waals surface area (Å²) in [6, 6.07) is 8.05. The number of carbonyl (C=O) groups is 1. The van der Waals surface area contributed by atoms with Crippen LogP contribution in [0.4, 0.5) is 0 Å². The van der Waals surface area contributed by atoms with Crippen molar-refractivity contribution in [3.63, 3.8) is 0 Å². The third-order valence-electron chi connectivity index (χ3n) is 2.94. The van der Waals surface area contributed by atoms with Crippen molar-refractivity contribution >= 4 is 33.7 Å². The van der Waals surface area contributed by atoms with Gasteiger partial charge in [-0.05, 0) is 60.6 Å². The van der Waals surface area contributed by atoms with Gasteiger partial charge in [-0.3, -0.25) is 4.79 Å². The van der Waals surface area contributed by atoms with Crippen molar-refractivity contribution in [3.05, 3.63) is 28.7 Å². The molecule has 0 heterocycles. The summed E-state index contributed by atoms with van der Waals surface area (Å²) in [7, 11) is 1.69. The zero-order valence-electron chi connectivity index (χ0n) is 10.6. The van der Waals surface area contributed by atoms with Crippen LogP contribution in [0.5, 0.6) is 0 Å². The normalized spacial score (nSPS) is 14.2. The van der Waals surface area contributed by atoms with Crippen molar-refractivity contribution in [2.45, 2.75) is 30.2 Å². The van der Waals surface area contributed by atoms with Crippen LogP contribution >= 0.6 is 27.7 Å². The number of thioether (sulfide) groups is 1. The van der Waals surface area contributed by atoms with E-state index in [-0.39, 0.29) is 0 Å². The summed E-state index contributed by atoms with van der Waals surface area (Å²) >= 11 is 5.24. The lowest BCUT2D eigenvalue weighted by Crippen LogP contribution is -2.47. The first-order chi connectivity index (χ1) is 8.49. The molecule has 0 amide bonds. The van der Waals surface area contributed by atoms with Crippen LogP contribution in [0.2, 0.25) is 0 Å². The van der Waals surface area contributed by atoms with Crippen LogP contribution in [0.1, 0.15) is 19.8 Å². The fourth-order valence-electron chi connectivity index (χ4n) is 1.51. The van der Waals surface area contributed by atoms with Crippen LogP contribution in [-0.4, -0.2) is 29.4 Å². The summed E-state index contributed by atoms with van der Waals surface area (Å²) in [5.41, 5.74) is -0.825. The van der Waals surface area contributed by atoms with Crippen LogP contribution in [0.3, 0.4) is 0 Å². The predicted molar refractivity (Wildman–Crippen MR) is 79.2 cm³/mol. The number of rotatable bonds is 7. The van der Waals surface area contributed by atoms with Gasteiger partial charge in [-0.25, -0.2) is 0 Å². The molecule has 0 saturated carbocycles. The fraction of sp³-hybridized carbons (Fsp3) is 0.462. The molecule has 0 aliphatic carbocycles. The molecule has 1 rings (SSSR count). The second kappa shape index (κ2) is 7.16. The van der Waals surface area contributed by atoms with Crippen LogP contribution in [-0.2, 0) is 4.79 Å². The van der Waals surface area contributed by atoms with Gasteiger partial charge in [-0.1, -0.05) is 12.1 Å². The molecule has 0 fully saturated rings. The summed E-state index contributed by atoms with van der Waals surface area (Å²) in [5.74, 6) is 0.114. The fourth-order valence-corrected chi connectivity index (χ4v) is 3.03. The van der Waals surface area contributed by atoms with E-state index in [1.54, 1.807) is 25.7 Å². The second-order valence-electron chi connectivity index (χ2n) is 4.27. The average molecular weight is 332 g/mol. The minimum atomic E-state index is -0.825. The van der Waals surface area contributed by atoms with Gasteiger partial charge >= 0.3 is 5.97 Å². The number of halogens is 1. The number of nitrogens with one attached hydrogen (secondary N) is 1. The van der Waals surface area contributed by atoms with Gasteiger partial charge in [0.25, 0.3) is 0 Å². The minimum absolute atomic E-state index is 0.621. The highest BCUT2D eigenvalue weighted by Gasteiger charge is 2.30. The summed E-state index contributed by atoms with van der Waals surface area (Å²) in [6.07, 6.45) is 1.48. The molecule has 0 aromatic heterocycles. The van der Waals surface area contributed by atoms with E-state index in [4.69, 9.17) is 5.11 Å². The third-order valence-corrected chi connectivity index (χ3v) is 5.05. The molecule has 5 heteroatoms. The highest BCUT2D eigenvalue weighted by Crippen LogP contribution is 2.28. The molecule has 100 valence electrons. The summed E-state index contributed by atoms with van der Waals surface area (Å²) in [6.45, 7) is 1.72. The number of carboxylic acids is 1. The van der Waals surface area contributed by atoms with Crippen molar-refractivity contribution in [1.29, 1.82) is 0 Å². The lowest BCUT2D eigenvalue weighted by atomic mass is 9.97. The zero-order valence-corrected chi connectivity index (χ0v) is 13.0. The Morgan fingerprint density at radius 1 is 1.50 bits per heavy atom. The van der Waals surface area contributed by atoms with Gasteiger partial charge in [0.05, 0.1) is 0 Å². The lowest BCUT2D eigenvalue weighted by Gasteiger charge is -2.23. The smallest absolute Gasteiger partial charge is 0.323 e. The number of hydrogen-bond acceptors (Lipinski definition) is 3. The van der Waals surface area contributed by atoms with Gasteiger partial charge in [-0.2, -0.15) is 0 Å². The van der Waals surface area contributed by atoms with E-state index in [0.29, 0.717) is 6.42 Å². The molecular weight excluding hydrogens is 314 g/mol. The molecule has 1 aromatic rings. The van der Waals surface area contributed by atoms with Gasteiger partial charge in [0, 0.05) is 9.37 Å². The van der Waals surface area contributed by atoms with E-state index >= 15 is 0 Å². The molecule has 0 radical (unpaired) electrons. The topological polar surface area (TPSA) is 49.3 Å². The molecule has 0 bridgehead atoms. The SMILES string of the molecule is CNC(C)(CCCSc1ccccc1Br)C(=O)O. The molecule has 0 aliphatic heterocycles. The maximum absolute atomic E-state index is 11.1. The monoisotopic (exact) mass is 331 g/mol. The Morgan fingerprint density at radius 2 is 2.17 bits per heavy atom.